The van der Waals surface area contributed by atoms with Crippen molar-refractivity contribution in [3.05, 3.63) is 23.8 Å². The Morgan fingerprint density at radius 3 is 2.55 bits per heavy atom. The second kappa shape index (κ2) is 5.79. The standard InChI is InChI=1S/C20H32O2/c1-14(2)16-10-12-20(5)17(21-20)9-8-15(3)7-6-11-19(4)18(13-16)22-19/h7,16-18H,1,6,8-13H2,2-5H3/t16-,17+,18+,19-,20+/m1/s1. The molecule has 0 aromatic carbocycles. The van der Waals surface area contributed by atoms with Gasteiger partial charge in [0.25, 0.3) is 0 Å². The van der Waals surface area contributed by atoms with Crippen molar-refractivity contribution in [2.75, 3.05) is 0 Å². The molecule has 2 nitrogen and oxygen atoms in total. The van der Waals surface area contributed by atoms with Gasteiger partial charge >= 0.3 is 0 Å². The van der Waals surface area contributed by atoms with E-state index < -0.39 is 0 Å². The van der Waals surface area contributed by atoms with E-state index in [-0.39, 0.29) is 11.2 Å². The first-order valence-corrected chi connectivity index (χ1v) is 8.99. The molecule has 0 spiro atoms. The van der Waals surface area contributed by atoms with Gasteiger partial charge in [-0.05, 0) is 78.6 Å². The smallest absolute Gasteiger partial charge is 0.0923 e. The highest BCUT2D eigenvalue weighted by atomic mass is 16.6. The van der Waals surface area contributed by atoms with Crippen LogP contribution in [0, 0.1) is 5.92 Å². The van der Waals surface area contributed by atoms with Crippen molar-refractivity contribution in [1.82, 2.24) is 0 Å². The predicted molar refractivity (Wildman–Crippen MR) is 90.9 cm³/mol. The average Bonchev–Trinajstić information content (AvgIpc) is 3.28. The highest BCUT2D eigenvalue weighted by Gasteiger charge is 2.53. The van der Waals surface area contributed by atoms with Gasteiger partial charge < -0.3 is 9.47 Å². The Labute approximate surface area is 136 Å². The quantitative estimate of drug-likeness (QED) is 0.492. The molecule has 0 amide bonds. The largest absolute Gasteiger partial charge is 0.366 e. The summed E-state index contributed by atoms with van der Waals surface area (Å²) in [6, 6.07) is 0. The molecule has 0 bridgehead atoms. The molecule has 0 radical (unpaired) electrons. The monoisotopic (exact) mass is 304 g/mol. The zero-order valence-corrected chi connectivity index (χ0v) is 14.8. The third-order valence-corrected chi connectivity index (χ3v) is 6.19. The zero-order chi connectivity index (χ0) is 16.0. The molecular weight excluding hydrogens is 272 g/mol. The second-order valence-electron chi connectivity index (χ2n) is 8.28. The molecule has 0 saturated carbocycles. The number of epoxide rings is 2. The summed E-state index contributed by atoms with van der Waals surface area (Å²) in [7, 11) is 0. The molecule has 3 rings (SSSR count). The van der Waals surface area contributed by atoms with Crippen molar-refractivity contribution in [2.24, 2.45) is 5.92 Å². The molecule has 2 aliphatic heterocycles. The summed E-state index contributed by atoms with van der Waals surface area (Å²) in [6.45, 7) is 13.2. The van der Waals surface area contributed by atoms with Crippen molar-refractivity contribution in [3.63, 3.8) is 0 Å². The van der Waals surface area contributed by atoms with Crippen molar-refractivity contribution in [1.29, 1.82) is 0 Å². The predicted octanol–water partition coefficient (Wildman–Crippen LogP) is 5.18. The number of hydrogen-bond donors (Lipinski definition) is 0. The summed E-state index contributed by atoms with van der Waals surface area (Å²) in [5.41, 5.74) is 3.04. The van der Waals surface area contributed by atoms with Crippen LogP contribution >= 0.6 is 0 Å². The van der Waals surface area contributed by atoms with E-state index in [9.17, 15) is 0 Å². The van der Waals surface area contributed by atoms with Crippen LogP contribution in [0.2, 0.25) is 0 Å². The van der Waals surface area contributed by atoms with Crippen LogP contribution in [0.15, 0.2) is 23.8 Å². The summed E-state index contributed by atoms with van der Waals surface area (Å²) < 4.78 is 12.1. The molecular formula is C20H32O2. The summed E-state index contributed by atoms with van der Waals surface area (Å²) in [6.07, 6.45) is 11.4. The van der Waals surface area contributed by atoms with Crippen LogP contribution in [-0.4, -0.2) is 23.4 Å². The van der Waals surface area contributed by atoms with Crippen LogP contribution in [0.5, 0.6) is 0 Å². The van der Waals surface area contributed by atoms with Gasteiger partial charge in [-0.1, -0.05) is 23.8 Å². The number of fused-ring (bicyclic) bond motifs is 2. The van der Waals surface area contributed by atoms with Gasteiger partial charge in [-0.15, -0.1) is 0 Å². The third kappa shape index (κ3) is 3.49. The molecule has 22 heavy (non-hydrogen) atoms. The van der Waals surface area contributed by atoms with Crippen LogP contribution in [0.3, 0.4) is 0 Å². The van der Waals surface area contributed by atoms with Gasteiger partial charge in [0.2, 0.25) is 0 Å². The SMILES string of the molecule is C=C(C)[C@@H]1CC[C@]2(C)O[C@H]2CCC(C)=CCC[C@@]2(C)O[C@H]2C1. The molecule has 1 aliphatic carbocycles. The Morgan fingerprint density at radius 1 is 1.14 bits per heavy atom. The van der Waals surface area contributed by atoms with E-state index in [2.05, 4.69) is 40.3 Å². The van der Waals surface area contributed by atoms with E-state index in [1.54, 1.807) is 0 Å². The fourth-order valence-electron chi connectivity index (χ4n) is 4.03. The Morgan fingerprint density at radius 2 is 1.82 bits per heavy atom. The minimum Gasteiger partial charge on any atom is -0.366 e. The van der Waals surface area contributed by atoms with E-state index in [0.29, 0.717) is 18.1 Å². The molecule has 0 unspecified atom stereocenters. The topological polar surface area (TPSA) is 25.1 Å². The van der Waals surface area contributed by atoms with Crippen molar-refractivity contribution in [3.8, 4) is 0 Å². The molecule has 2 heteroatoms. The maximum atomic E-state index is 6.06. The second-order valence-corrected chi connectivity index (χ2v) is 8.28. The average molecular weight is 304 g/mol. The van der Waals surface area contributed by atoms with Crippen LogP contribution in [0.4, 0.5) is 0 Å². The molecule has 3 aliphatic rings. The van der Waals surface area contributed by atoms with Gasteiger partial charge in [0, 0.05) is 0 Å². The van der Waals surface area contributed by atoms with Crippen molar-refractivity contribution in [2.45, 2.75) is 96.1 Å². The Bertz CT molecular complexity index is 480. The van der Waals surface area contributed by atoms with E-state index in [1.165, 1.54) is 30.4 Å². The maximum Gasteiger partial charge on any atom is 0.0923 e. The summed E-state index contributed by atoms with van der Waals surface area (Å²) in [5, 5.41) is 0. The Kier molecular flexibility index (Phi) is 4.28. The van der Waals surface area contributed by atoms with Crippen LogP contribution < -0.4 is 0 Å². The van der Waals surface area contributed by atoms with Crippen molar-refractivity contribution < 1.29 is 9.47 Å². The van der Waals surface area contributed by atoms with Gasteiger partial charge in [0.05, 0.1) is 23.4 Å². The van der Waals surface area contributed by atoms with Crippen molar-refractivity contribution >= 4 is 0 Å². The number of allylic oxidation sites excluding steroid dienone is 3. The van der Waals surface area contributed by atoms with E-state index in [1.807, 2.05) is 0 Å². The lowest BCUT2D eigenvalue weighted by Crippen LogP contribution is -2.17. The van der Waals surface area contributed by atoms with Crippen LogP contribution in [0.1, 0.15) is 72.6 Å². The zero-order valence-electron chi connectivity index (χ0n) is 14.8. The minimum absolute atomic E-state index is 0.108. The lowest BCUT2D eigenvalue weighted by Gasteiger charge is -2.18. The first-order chi connectivity index (χ1) is 10.3. The Hall–Kier alpha value is -0.600. The molecule has 0 N–H and O–H groups in total. The first kappa shape index (κ1) is 16.3. The van der Waals surface area contributed by atoms with Crippen LogP contribution in [0.25, 0.3) is 0 Å². The highest BCUT2D eigenvalue weighted by molar-refractivity contribution is 5.10. The highest BCUT2D eigenvalue weighted by Crippen LogP contribution is 2.48. The van der Waals surface area contributed by atoms with E-state index in [4.69, 9.17) is 9.47 Å². The van der Waals surface area contributed by atoms with Gasteiger partial charge in [0.1, 0.15) is 0 Å². The molecule has 2 fully saturated rings. The number of hydrogen-bond acceptors (Lipinski definition) is 2. The molecule has 124 valence electrons. The number of rotatable bonds is 1. The van der Waals surface area contributed by atoms with Gasteiger partial charge in [-0.3, -0.25) is 0 Å². The fraction of sp³-hybridized carbons (Fsp3) is 0.800. The molecule has 0 aromatic rings. The molecule has 2 saturated heterocycles. The lowest BCUT2D eigenvalue weighted by molar-refractivity contribution is 0.269. The molecule has 0 aromatic heterocycles. The van der Waals surface area contributed by atoms with E-state index >= 15 is 0 Å². The maximum absolute atomic E-state index is 6.06. The normalized spacial score (nSPS) is 45.8. The summed E-state index contributed by atoms with van der Waals surface area (Å²) >= 11 is 0. The van der Waals surface area contributed by atoms with Gasteiger partial charge in [-0.2, -0.15) is 0 Å². The molecule has 2 heterocycles. The van der Waals surface area contributed by atoms with Gasteiger partial charge in [-0.25, -0.2) is 0 Å². The first-order valence-electron chi connectivity index (χ1n) is 8.99. The fourth-order valence-corrected chi connectivity index (χ4v) is 4.03. The minimum atomic E-state index is 0.108. The number of ether oxygens (including phenoxy) is 2. The Balaban J connectivity index is 1.69. The summed E-state index contributed by atoms with van der Waals surface area (Å²) in [4.78, 5) is 0. The lowest BCUT2D eigenvalue weighted by atomic mass is 9.84. The summed E-state index contributed by atoms with van der Waals surface area (Å²) in [5.74, 6) is 0.578. The molecule has 5 atom stereocenters. The third-order valence-electron chi connectivity index (χ3n) is 6.19. The van der Waals surface area contributed by atoms with Crippen LogP contribution in [-0.2, 0) is 9.47 Å². The van der Waals surface area contributed by atoms with Gasteiger partial charge in [0.15, 0.2) is 0 Å². The van der Waals surface area contributed by atoms with E-state index in [0.717, 1.165) is 25.7 Å².